The van der Waals surface area contributed by atoms with Crippen LogP contribution >= 0.6 is 31.9 Å². The Hall–Kier alpha value is 0.0300. The lowest BCUT2D eigenvalue weighted by atomic mass is 10.1. The molecule has 1 aliphatic rings. The zero-order valence-corrected chi connectivity index (χ0v) is 14.3. The Labute approximate surface area is 131 Å². The Morgan fingerprint density at radius 2 is 1.84 bits per heavy atom. The molecule has 0 N–H and O–H groups in total. The summed E-state index contributed by atoms with van der Waals surface area (Å²) in [7, 11) is 2.16. The van der Waals surface area contributed by atoms with E-state index in [0.29, 0.717) is 0 Å². The Morgan fingerprint density at radius 1 is 1.16 bits per heavy atom. The number of piperazine rings is 1. The summed E-state index contributed by atoms with van der Waals surface area (Å²) < 4.78 is 15.5. The highest BCUT2D eigenvalue weighted by Crippen LogP contribution is 2.26. The Balaban J connectivity index is 1.83. The molecule has 1 aromatic carbocycles. The molecule has 1 fully saturated rings. The maximum absolute atomic E-state index is 13.8. The third kappa shape index (κ3) is 4.52. The molecule has 19 heavy (non-hydrogen) atoms. The van der Waals surface area contributed by atoms with Crippen LogP contribution in [0.15, 0.2) is 21.1 Å². The lowest BCUT2D eigenvalue weighted by Crippen LogP contribution is -2.44. The molecule has 1 aromatic rings. The number of likely N-dealkylation sites (N-methyl/N-ethyl adjacent to an activating group) is 1. The van der Waals surface area contributed by atoms with E-state index < -0.39 is 0 Å². The van der Waals surface area contributed by atoms with Crippen molar-refractivity contribution in [1.82, 2.24) is 9.80 Å². The molecule has 2 nitrogen and oxygen atoms in total. The highest BCUT2D eigenvalue weighted by molar-refractivity contribution is 9.11. The molecular formula is C14H19Br2FN2. The van der Waals surface area contributed by atoms with Crippen LogP contribution in [0, 0.1) is 5.82 Å². The predicted octanol–water partition coefficient (Wildman–Crippen LogP) is 3.53. The highest BCUT2D eigenvalue weighted by atomic mass is 79.9. The average molecular weight is 394 g/mol. The number of hydrogen-bond acceptors (Lipinski definition) is 2. The fraction of sp³-hybridized carbons (Fsp3) is 0.571. The van der Waals surface area contributed by atoms with Gasteiger partial charge in [-0.25, -0.2) is 4.39 Å². The van der Waals surface area contributed by atoms with E-state index in [0.717, 1.165) is 60.1 Å². The van der Waals surface area contributed by atoms with Crippen LogP contribution in [-0.4, -0.2) is 49.6 Å². The van der Waals surface area contributed by atoms with E-state index in [1.807, 2.05) is 6.07 Å². The van der Waals surface area contributed by atoms with E-state index >= 15 is 0 Å². The van der Waals surface area contributed by atoms with Gasteiger partial charge in [-0.05, 0) is 38.6 Å². The van der Waals surface area contributed by atoms with Crippen molar-refractivity contribution >= 4 is 31.9 Å². The smallest absolute Gasteiger partial charge is 0.128 e. The minimum absolute atomic E-state index is 0.125. The number of hydrogen-bond donors (Lipinski definition) is 0. The number of rotatable bonds is 4. The zero-order valence-electron chi connectivity index (χ0n) is 11.1. The first-order chi connectivity index (χ1) is 9.06. The van der Waals surface area contributed by atoms with Crippen LogP contribution in [-0.2, 0) is 6.42 Å². The number of benzene rings is 1. The fourth-order valence-corrected chi connectivity index (χ4v) is 3.73. The SMILES string of the molecule is CN1CCN(CCCc2c(F)cc(Br)cc2Br)CC1. The minimum atomic E-state index is -0.125. The molecule has 0 spiro atoms. The second kappa shape index (κ2) is 7.16. The van der Waals surface area contributed by atoms with E-state index in [9.17, 15) is 4.39 Å². The van der Waals surface area contributed by atoms with Crippen molar-refractivity contribution < 1.29 is 4.39 Å². The molecule has 106 valence electrons. The van der Waals surface area contributed by atoms with Crippen molar-refractivity contribution in [1.29, 1.82) is 0 Å². The quantitative estimate of drug-likeness (QED) is 0.771. The first kappa shape index (κ1) is 15.4. The summed E-state index contributed by atoms with van der Waals surface area (Å²) in [5.74, 6) is -0.125. The first-order valence-electron chi connectivity index (χ1n) is 6.60. The third-order valence-electron chi connectivity index (χ3n) is 3.60. The minimum Gasteiger partial charge on any atom is -0.304 e. The second-order valence-corrected chi connectivity index (χ2v) is 6.87. The summed E-state index contributed by atoms with van der Waals surface area (Å²) in [6, 6.07) is 3.45. The topological polar surface area (TPSA) is 6.48 Å². The summed E-state index contributed by atoms with van der Waals surface area (Å²) in [5.41, 5.74) is 0.789. The van der Waals surface area contributed by atoms with Gasteiger partial charge in [0.05, 0.1) is 0 Å². The number of halogens is 3. The van der Waals surface area contributed by atoms with Gasteiger partial charge in [0.15, 0.2) is 0 Å². The van der Waals surface area contributed by atoms with Crippen molar-refractivity contribution in [2.75, 3.05) is 39.8 Å². The van der Waals surface area contributed by atoms with Gasteiger partial charge in [-0.1, -0.05) is 31.9 Å². The van der Waals surface area contributed by atoms with Crippen molar-refractivity contribution in [3.8, 4) is 0 Å². The van der Waals surface area contributed by atoms with Gasteiger partial charge in [0, 0.05) is 40.7 Å². The molecule has 0 aromatic heterocycles. The molecule has 0 amide bonds. The van der Waals surface area contributed by atoms with Crippen LogP contribution in [0.1, 0.15) is 12.0 Å². The van der Waals surface area contributed by atoms with Crippen LogP contribution in [0.3, 0.4) is 0 Å². The molecule has 1 saturated heterocycles. The van der Waals surface area contributed by atoms with Crippen LogP contribution in [0.2, 0.25) is 0 Å². The first-order valence-corrected chi connectivity index (χ1v) is 8.19. The van der Waals surface area contributed by atoms with Crippen molar-refractivity contribution in [2.24, 2.45) is 0 Å². The second-order valence-electron chi connectivity index (χ2n) is 5.10. The van der Waals surface area contributed by atoms with Gasteiger partial charge in [-0.2, -0.15) is 0 Å². The van der Waals surface area contributed by atoms with Crippen LogP contribution < -0.4 is 0 Å². The molecule has 1 heterocycles. The summed E-state index contributed by atoms with van der Waals surface area (Å²) in [6.45, 7) is 5.57. The van der Waals surface area contributed by atoms with Gasteiger partial charge in [-0.3, -0.25) is 0 Å². The molecule has 0 atom stereocenters. The van der Waals surface area contributed by atoms with Gasteiger partial charge >= 0.3 is 0 Å². The monoisotopic (exact) mass is 392 g/mol. The normalized spacial score (nSPS) is 17.9. The van der Waals surface area contributed by atoms with Crippen LogP contribution in [0.25, 0.3) is 0 Å². The summed E-state index contributed by atoms with van der Waals surface area (Å²) in [4.78, 5) is 4.81. The standard InChI is InChI=1S/C14H19Br2FN2/c1-18-5-7-19(8-6-18)4-2-3-12-13(16)9-11(15)10-14(12)17/h9-10H,2-8H2,1H3. The molecule has 0 bridgehead atoms. The van der Waals surface area contributed by atoms with E-state index in [4.69, 9.17) is 0 Å². The Bertz CT molecular complexity index is 408. The summed E-state index contributed by atoms with van der Waals surface area (Å²) in [6.07, 6.45) is 1.78. The molecule has 0 radical (unpaired) electrons. The van der Waals surface area contributed by atoms with E-state index in [1.54, 1.807) is 0 Å². The molecule has 1 aliphatic heterocycles. The molecule has 0 aliphatic carbocycles. The largest absolute Gasteiger partial charge is 0.304 e. The van der Waals surface area contributed by atoms with Gasteiger partial charge in [-0.15, -0.1) is 0 Å². The van der Waals surface area contributed by atoms with Crippen molar-refractivity contribution in [3.63, 3.8) is 0 Å². The van der Waals surface area contributed by atoms with Crippen LogP contribution in [0.4, 0.5) is 4.39 Å². The maximum atomic E-state index is 13.8. The zero-order chi connectivity index (χ0) is 13.8. The molecule has 0 unspecified atom stereocenters. The Morgan fingerprint density at radius 3 is 2.47 bits per heavy atom. The van der Waals surface area contributed by atoms with E-state index in [2.05, 4.69) is 48.7 Å². The van der Waals surface area contributed by atoms with Gasteiger partial charge in [0.25, 0.3) is 0 Å². The van der Waals surface area contributed by atoms with E-state index in [-0.39, 0.29) is 5.82 Å². The Kier molecular flexibility index (Phi) is 5.81. The molecular weight excluding hydrogens is 375 g/mol. The third-order valence-corrected chi connectivity index (χ3v) is 4.77. The molecule has 5 heteroatoms. The van der Waals surface area contributed by atoms with E-state index in [1.165, 1.54) is 6.07 Å². The summed E-state index contributed by atoms with van der Waals surface area (Å²) in [5, 5.41) is 0. The fourth-order valence-electron chi connectivity index (χ4n) is 2.36. The summed E-state index contributed by atoms with van der Waals surface area (Å²) >= 11 is 6.74. The molecule has 2 rings (SSSR count). The van der Waals surface area contributed by atoms with Crippen molar-refractivity contribution in [3.05, 3.63) is 32.5 Å². The average Bonchev–Trinajstić information content (AvgIpc) is 2.34. The number of nitrogens with zero attached hydrogens (tertiary/aromatic N) is 2. The van der Waals surface area contributed by atoms with Gasteiger partial charge < -0.3 is 9.80 Å². The lowest BCUT2D eigenvalue weighted by molar-refractivity contribution is 0.153. The maximum Gasteiger partial charge on any atom is 0.128 e. The van der Waals surface area contributed by atoms with Crippen LogP contribution in [0.5, 0.6) is 0 Å². The van der Waals surface area contributed by atoms with Crippen molar-refractivity contribution in [2.45, 2.75) is 12.8 Å². The molecule has 0 saturated carbocycles. The predicted molar refractivity (Wildman–Crippen MR) is 84.1 cm³/mol. The lowest BCUT2D eigenvalue weighted by Gasteiger charge is -2.32. The highest BCUT2D eigenvalue weighted by Gasteiger charge is 2.14. The van der Waals surface area contributed by atoms with Gasteiger partial charge in [0.2, 0.25) is 0 Å². The van der Waals surface area contributed by atoms with Gasteiger partial charge in [0.1, 0.15) is 5.82 Å².